The largest absolute Gasteiger partial charge is 1.00 e. The third-order valence-corrected chi connectivity index (χ3v) is 4.74. The van der Waals surface area contributed by atoms with Gasteiger partial charge in [-0.2, -0.15) is 0 Å². The number of unbranched alkanes of at least 4 members (excludes halogenated alkanes) is 12. The minimum Gasteiger partial charge on any atom is -0.548 e. The molecule has 0 bridgehead atoms. The summed E-state index contributed by atoms with van der Waals surface area (Å²) in [4.78, 5) is 22.7. The first-order valence-electron chi connectivity index (χ1n) is 10.5. The van der Waals surface area contributed by atoms with Gasteiger partial charge in [-0.15, -0.1) is 0 Å². The molecule has 0 aromatic heterocycles. The number of carboxylic acids is 1. The summed E-state index contributed by atoms with van der Waals surface area (Å²) in [6.07, 6.45) is 16.9. The van der Waals surface area contributed by atoms with E-state index in [9.17, 15) is 14.7 Å². The fourth-order valence-corrected chi connectivity index (χ4v) is 3.05. The first kappa shape index (κ1) is 28.2. The number of aliphatic carboxylic acids is 1. The van der Waals surface area contributed by atoms with Crippen molar-refractivity contribution in [1.82, 2.24) is 5.32 Å². The predicted octanol–water partition coefficient (Wildman–Crippen LogP) is 1.36. The number of amides is 1. The predicted molar refractivity (Wildman–Crippen MR) is 102 cm³/mol. The van der Waals surface area contributed by atoms with Crippen molar-refractivity contribution in [3.63, 3.8) is 0 Å². The topological polar surface area (TPSA) is 69.2 Å². The van der Waals surface area contributed by atoms with Crippen molar-refractivity contribution in [2.75, 3.05) is 0 Å². The van der Waals surface area contributed by atoms with Gasteiger partial charge < -0.3 is 15.2 Å². The molecule has 1 N–H and O–H groups in total. The third-order valence-electron chi connectivity index (χ3n) is 4.74. The fraction of sp³-hybridized carbons (Fsp3) is 0.905. The second kappa shape index (κ2) is 19.7. The Hall–Kier alpha value is -0.0600. The smallest absolute Gasteiger partial charge is 0.548 e. The second-order valence-electron chi connectivity index (χ2n) is 7.60. The molecule has 0 unspecified atom stereocenters. The molecule has 0 fully saturated rings. The van der Waals surface area contributed by atoms with Crippen LogP contribution in [0.15, 0.2) is 0 Å². The molecular formula is C21H40NNaO3. The molecule has 0 rings (SSSR count). The maximum atomic E-state index is 11.8. The Bertz CT molecular complexity index is 348. The quantitative estimate of drug-likeness (QED) is 0.307. The molecule has 5 heteroatoms. The molecule has 0 aromatic rings. The second-order valence-corrected chi connectivity index (χ2v) is 7.60. The van der Waals surface area contributed by atoms with Gasteiger partial charge in [-0.1, -0.05) is 97.8 Å². The zero-order valence-electron chi connectivity index (χ0n) is 17.8. The average Bonchev–Trinajstić information content (AvgIpc) is 2.56. The van der Waals surface area contributed by atoms with Gasteiger partial charge in [0.05, 0.1) is 12.0 Å². The van der Waals surface area contributed by atoms with E-state index in [1.807, 2.05) is 0 Å². The first-order valence-corrected chi connectivity index (χ1v) is 10.5. The molecule has 0 aliphatic carbocycles. The fourth-order valence-electron chi connectivity index (χ4n) is 3.05. The van der Waals surface area contributed by atoms with Crippen LogP contribution in [0.25, 0.3) is 0 Å². The van der Waals surface area contributed by atoms with Crippen LogP contribution in [-0.2, 0) is 9.59 Å². The van der Waals surface area contributed by atoms with E-state index in [1.165, 1.54) is 64.2 Å². The van der Waals surface area contributed by atoms with Crippen molar-refractivity contribution in [2.45, 2.75) is 117 Å². The van der Waals surface area contributed by atoms with Gasteiger partial charge in [0.2, 0.25) is 5.91 Å². The Morgan fingerprint density at radius 3 is 1.50 bits per heavy atom. The van der Waals surface area contributed by atoms with Crippen LogP contribution in [0.2, 0.25) is 0 Å². The van der Waals surface area contributed by atoms with Crippen molar-refractivity contribution in [2.24, 2.45) is 5.92 Å². The molecular weight excluding hydrogens is 337 g/mol. The molecule has 1 amide bonds. The Morgan fingerprint density at radius 1 is 0.769 bits per heavy atom. The zero-order valence-corrected chi connectivity index (χ0v) is 19.8. The molecule has 0 heterocycles. The molecule has 0 spiro atoms. The molecule has 0 saturated carbocycles. The Kier molecular flexibility index (Phi) is 21.3. The summed E-state index contributed by atoms with van der Waals surface area (Å²) in [5, 5.41) is 13.5. The molecule has 0 aliphatic heterocycles. The van der Waals surface area contributed by atoms with Gasteiger partial charge in [0.15, 0.2) is 0 Å². The molecule has 0 saturated heterocycles. The SMILES string of the molecule is CCCCCCCCCCCCCCCC(=O)N[C@H](C(=O)[O-])C(C)C.[Na+]. The van der Waals surface area contributed by atoms with E-state index in [1.54, 1.807) is 13.8 Å². The number of carbonyl (C=O) groups is 2. The monoisotopic (exact) mass is 377 g/mol. The van der Waals surface area contributed by atoms with Crippen molar-refractivity contribution in [3.05, 3.63) is 0 Å². The van der Waals surface area contributed by atoms with Crippen molar-refractivity contribution >= 4 is 11.9 Å². The minimum absolute atomic E-state index is 0. The van der Waals surface area contributed by atoms with E-state index in [-0.39, 0.29) is 41.4 Å². The van der Waals surface area contributed by atoms with Crippen LogP contribution in [0, 0.1) is 5.92 Å². The summed E-state index contributed by atoms with van der Waals surface area (Å²) in [5.41, 5.74) is 0. The van der Waals surface area contributed by atoms with Crippen LogP contribution in [0.4, 0.5) is 0 Å². The van der Waals surface area contributed by atoms with E-state index in [4.69, 9.17) is 0 Å². The van der Waals surface area contributed by atoms with Crippen molar-refractivity contribution in [1.29, 1.82) is 0 Å². The van der Waals surface area contributed by atoms with Gasteiger partial charge in [0.1, 0.15) is 0 Å². The Morgan fingerprint density at radius 2 is 1.15 bits per heavy atom. The summed E-state index contributed by atoms with van der Waals surface area (Å²) in [7, 11) is 0. The Labute approximate surface area is 183 Å². The summed E-state index contributed by atoms with van der Waals surface area (Å²) in [6, 6.07) is -0.880. The Balaban J connectivity index is 0. The van der Waals surface area contributed by atoms with Gasteiger partial charge >= 0.3 is 29.6 Å². The molecule has 0 aliphatic rings. The normalized spacial score (nSPS) is 11.8. The average molecular weight is 378 g/mol. The molecule has 4 nitrogen and oxygen atoms in total. The van der Waals surface area contributed by atoms with Crippen LogP contribution in [0.5, 0.6) is 0 Å². The van der Waals surface area contributed by atoms with Crippen LogP contribution in [0.1, 0.15) is 111 Å². The van der Waals surface area contributed by atoms with Gasteiger partial charge in [-0.3, -0.25) is 4.79 Å². The van der Waals surface area contributed by atoms with Gasteiger partial charge in [0.25, 0.3) is 0 Å². The van der Waals surface area contributed by atoms with Crippen molar-refractivity contribution in [3.8, 4) is 0 Å². The number of nitrogens with one attached hydrogen (secondary N) is 1. The van der Waals surface area contributed by atoms with Gasteiger partial charge in [0, 0.05) is 6.42 Å². The minimum atomic E-state index is -1.20. The van der Waals surface area contributed by atoms with Crippen LogP contribution in [-0.4, -0.2) is 17.9 Å². The van der Waals surface area contributed by atoms with Crippen molar-refractivity contribution < 1.29 is 44.3 Å². The maximum absolute atomic E-state index is 11.8. The number of carboxylic acid groups (broad SMARTS) is 1. The van der Waals surface area contributed by atoms with E-state index in [0.717, 1.165) is 19.3 Å². The number of carbonyl (C=O) groups excluding carboxylic acids is 2. The summed E-state index contributed by atoms with van der Waals surface area (Å²) < 4.78 is 0. The number of hydrogen-bond donors (Lipinski definition) is 1. The van der Waals surface area contributed by atoms with E-state index in [0.29, 0.717) is 6.42 Å². The van der Waals surface area contributed by atoms with E-state index in [2.05, 4.69) is 12.2 Å². The summed E-state index contributed by atoms with van der Waals surface area (Å²) in [5.74, 6) is -1.53. The molecule has 1 atom stereocenters. The third kappa shape index (κ3) is 17.4. The van der Waals surface area contributed by atoms with E-state index >= 15 is 0 Å². The van der Waals surface area contributed by atoms with E-state index < -0.39 is 12.0 Å². The van der Waals surface area contributed by atoms with Crippen LogP contribution in [0.3, 0.4) is 0 Å². The van der Waals surface area contributed by atoms with Crippen LogP contribution < -0.4 is 40.0 Å². The maximum Gasteiger partial charge on any atom is 1.00 e. The zero-order chi connectivity index (χ0) is 18.9. The number of rotatable bonds is 17. The van der Waals surface area contributed by atoms with Gasteiger partial charge in [-0.25, -0.2) is 0 Å². The molecule has 0 radical (unpaired) electrons. The number of hydrogen-bond acceptors (Lipinski definition) is 3. The van der Waals surface area contributed by atoms with Crippen LogP contribution >= 0.6 is 0 Å². The standard InChI is InChI=1S/C21H41NO3.Na/c1-4-5-6-7-8-9-10-11-12-13-14-15-16-17-19(23)22-20(18(2)3)21(24)25;/h18,20H,4-17H2,1-3H3,(H,22,23)(H,24,25);/q;+1/p-1/t20-;/m0./s1. The van der Waals surface area contributed by atoms with Gasteiger partial charge in [-0.05, 0) is 12.3 Å². The first-order chi connectivity index (χ1) is 12.0. The summed E-state index contributed by atoms with van der Waals surface area (Å²) >= 11 is 0. The molecule has 26 heavy (non-hydrogen) atoms. The summed E-state index contributed by atoms with van der Waals surface area (Å²) in [6.45, 7) is 5.79. The molecule has 0 aromatic carbocycles. The molecule has 148 valence electrons.